The summed E-state index contributed by atoms with van der Waals surface area (Å²) < 4.78 is 16.9. The van der Waals surface area contributed by atoms with Gasteiger partial charge in [-0.3, -0.25) is 0 Å². The molecule has 1 aliphatic rings. The average molecular weight is 368 g/mol. The molecule has 1 aromatic carbocycles. The lowest BCUT2D eigenvalue weighted by Gasteiger charge is -2.12. The molecular formula is C15H14BrNO5. The van der Waals surface area contributed by atoms with Crippen molar-refractivity contribution in [2.45, 2.75) is 12.8 Å². The van der Waals surface area contributed by atoms with E-state index >= 15 is 0 Å². The second-order valence-electron chi connectivity index (χ2n) is 5.12. The summed E-state index contributed by atoms with van der Waals surface area (Å²) in [6, 6.07) is 4.89. The second-order valence-corrected chi connectivity index (χ2v) is 5.97. The van der Waals surface area contributed by atoms with Crippen LogP contribution in [0.4, 0.5) is 0 Å². The van der Waals surface area contributed by atoms with Crippen LogP contribution in [0.3, 0.4) is 0 Å². The lowest BCUT2D eigenvalue weighted by molar-refractivity contribution is 0.0686. The first-order valence-corrected chi connectivity index (χ1v) is 7.58. The molecule has 22 heavy (non-hydrogen) atoms. The lowest BCUT2D eigenvalue weighted by atomic mass is 10.1. The molecule has 0 radical (unpaired) electrons. The molecule has 0 amide bonds. The number of hydrogen-bond donors (Lipinski definition) is 1. The number of ether oxygens (including phenoxy) is 2. The van der Waals surface area contributed by atoms with Crippen molar-refractivity contribution in [3.8, 4) is 22.8 Å². The molecule has 0 aliphatic heterocycles. The fourth-order valence-electron chi connectivity index (χ4n) is 1.99. The summed E-state index contributed by atoms with van der Waals surface area (Å²) in [6.07, 6.45) is 2.41. The van der Waals surface area contributed by atoms with Crippen molar-refractivity contribution in [1.29, 1.82) is 0 Å². The fraction of sp³-hybridized carbons (Fsp3) is 0.333. The molecule has 1 aromatic heterocycles. The highest BCUT2D eigenvalue weighted by Gasteiger charge is 2.23. The zero-order valence-electron chi connectivity index (χ0n) is 11.8. The molecule has 0 bridgehead atoms. The Morgan fingerprint density at radius 1 is 1.41 bits per heavy atom. The highest BCUT2D eigenvalue weighted by Crippen LogP contribution is 2.40. The number of methoxy groups -OCH3 is 1. The van der Waals surface area contributed by atoms with E-state index in [-0.39, 0.29) is 5.69 Å². The second kappa shape index (κ2) is 6.00. The van der Waals surface area contributed by atoms with Gasteiger partial charge in [0, 0.05) is 16.1 Å². The third kappa shape index (κ3) is 3.09. The van der Waals surface area contributed by atoms with Crippen molar-refractivity contribution < 1.29 is 23.9 Å². The third-order valence-corrected chi connectivity index (χ3v) is 4.08. The molecular weight excluding hydrogens is 354 g/mol. The zero-order chi connectivity index (χ0) is 15.7. The van der Waals surface area contributed by atoms with Crippen molar-refractivity contribution in [2.24, 2.45) is 5.92 Å². The minimum atomic E-state index is -1.14. The third-order valence-electron chi connectivity index (χ3n) is 3.42. The minimum Gasteiger partial charge on any atom is -0.493 e. The number of hydrogen-bond acceptors (Lipinski definition) is 5. The van der Waals surface area contributed by atoms with Gasteiger partial charge < -0.3 is 19.1 Å². The van der Waals surface area contributed by atoms with E-state index in [0.29, 0.717) is 39.8 Å². The highest BCUT2D eigenvalue weighted by atomic mass is 79.9. The molecule has 1 N–H and O–H groups in total. The van der Waals surface area contributed by atoms with Crippen LogP contribution in [0, 0.1) is 5.92 Å². The molecule has 1 aliphatic carbocycles. The van der Waals surface area contributed by atoms with E-state index in [1.54, 1.807) is 19.2 Å². The van der Waals surface area contributed by atoms with Gasteiger partial charge in [0.15, 0.2) is 23.0 Å². The molecule has 1 saturated carbocycles. The molecule has 7 heteroatoms. The van der Waals surface area contributed by atoms with Gasteiger partial charge in [0.05, 0.1) is 13.7 Å². The van der Waals surface area contributed by atoms with Gasteiger partial charge in [0.1, 0.15) is 0 Å². The number of rotatable bonds is 6. The molecule has 3 rings (SSSR count). The van der Waals surface area contributed by atoms with Gasteiger partial charge in [-0.05, 0) is 46.8 Å². The number of benzene rings is 1. The standard InChI is InChI=1S/C15H14BrNO5/c1-20-13-4-9(12-6-11(15(18)19)17-22-12)10(16)5-14(13)21-7-8-2-3-8/h4-6,8H,2-3,7H2,1H3,(H,18,19). The largest absolute Gasteiger partial charge is 0.493 e. The van der Waals surface area contributed by atoms with Gasteiger partial charge in [-0.2, -0.15) is 0 Å². The molecule has 0 spiro atoms. The number of nitrogens with zero attached hydrogens (tertiary/aromatic N) is 1. The van der Waals surface area contributed by atoms with E-state index in [1.807, 2.05) is 0 Å². The topological polar surface area (TPSA) is 81.8 Å². The molecule has 0 unspecified atom stereocenters. The summed E-state index contributed by atoms with van der Waals surface area (Å²) in [6.45, 7) is 0.674. The highest BCUT2D eigenvalue weighted by molar-refractivity contribution is 9.10. The van der Waals surface area contributed by atoms with Gasteiger partial charge in [-0.25, -0.2) is 4.79 Å². The Kier molecular flexibility index (Phi) is 4.06. The number of carbonyl (C=O) groups is 1. The smallest absolute Gasteiger partial charge is 0.358 e. The van der Waals surface area contributed by atoms with Crippen LogP contribution in [-0.2, 0) is 0 Å². The van der Waals surface area contributed by atoms with Crippen LogP contribution in [0.1, 0.15) is 23.3 Å². The van der Waals surface area contributed by atoms with Crippen LogP contribution >= 0.6 is 15.9 Å². The Morgan fingerprint density at radius 3 is 2.77 bits per heavy atom. The van der Waals surface area contributed by atoms with Crippen molar-refractivity contribution >= 4 is 21.9 Å². The number of aromatic carboxylic acids is 1. The van der Waals surface area contributed by atoms with Crippen LogP contribution in [0.2, 0.25) is 0 Å². The number of carboxylic acid groups (broad SMARTS) is 1. The maximum atomic E-state index is 10.9. The minimum absolute atomic E-state index is 0.144. The van der Waals surface area contributed by atoms with E-state index in [4.69, 9.17) is 19.1 Å². The van der Waals surface area contributed by atoms with E-state index < -0.39 is 5.97 Å². The van der Waals surface area contributed by atoms with Crippen molar-refractivity contribution in [3.05, 3.63) is 28.4 Å². The van der Waals surface area contributed by atoms with Crippen LogP contribution in [0.5, 0.6) is 11.5 Å². The number of carboxylic acids is 1. The SMILES string of the molecule is COc1cc(-c2cc(C(=O)O)no2)c(Br)cc1OCC1CC1. The van der Waals surface area contributed by atoms with Crippen LogP contribution in [0.25, 0.3) is 11.3 Å². The van der Waals surface area contributed by atoms with E-state index in [1.165, 1.54) is 18.9 Å². The molecule has 0 saturated heterocycles. The van der Waals surface area contributed by atoms with E-state index in [2.05, 4.69) is 21.1 Å². The van der Waals surface area contributed by atoms with Crippen molar-refractivity contribution in [3.63, 3.8) is 0 Å². The van der Waals surface area contributed by atoms with Gasteiger partial charge in [-0.1, -0.05) is 5.16 Å². The maximum Gasteiger partial charge on any atom is 0.358 e. The first-order chi connectivity index (χ1) is 10.6. The van der Waals surface area contributed by atoms with Gasteiger partial charge in [0.2, 0.25) is 0 Å². The van der Waals surface area contributed by atoms with Gasteiger partial charge in [-0.15, -0.1) is 0 Å². The predicted octanol–water partition coefficient (Wildman–Crippen LogP) is 3.60. The number of aromatic nitrogens is 1. The molecule has 1 fully saturated rings. The van der Waals surface area contributed by atoms with Crippen LogP contribution in [-0.4, -0.2) is 29.9 Å². The maximum absolute atomic E-state index is 10.9. The quantitative estimate of drug-likeness (QED) is 0.839. The van der Waals surface area contributed by atoms with Gasteiger partial charge in [0.25, 0.3) is 0 Å². The van der Waals surface area contributed by atoms with E-state index in [0.717, 1.165) is 0 Å². The molecule has 116 valence electrons. The van der Waals surface area contributed by atoms with Crippen molar-refractivity contribution in [1.82, 2.24) is 5.16 Å². The molecule has 1 heterocycles. The molecule has 2 aromatic rings. The first-order valence-electron chi connectivity index (χ1n) is 6.79. The van der Waals surface area contributed by atoms with Crippen molar-refractivity contribution in [2.75, 3.05) is 13.7 Å². The van der Waals surface area contributed by atoms with Crippen LogP contribution < -0.4 is 9.47 Å². The van der Waals surface area contributed by atoms with Gasteiger partial charge >= 0.3 is 5.97 Å². The Bertz CT molecular complexity index is 708. The molecule has 6 nitrogen and oxygen atoms in total. The normalized spacial score (nSPS) is 13.9. The lowest BCUT2D eigenvalue weighted by Crippen LogP contribution is -2.01. The summed E-state index contributed by atoms with van der Waals surface area (Å²) in [5, 5.41) is 12.4. The average Bonchev–Trinajstić information content (AvgIpc) is 3.19. The summed E-state index contributed by atoms with van der Waals surface area (Å²) in [4.78, 5) is 10.9. The number of halogens is 1. The summed E-state index contributed by atoms with van der Waals surface area (Å²) in [5.74, 6) is 1.05. The fourth-order valence-corrected chi connectivity index (χ4v) is 2.51. The predicted molar refractivity (Wildman–Crippen MR) is 81.4 cm³/mol. The summed E-state index contributed by atoms with van der Waals surface area (Å²) in [7, 11) is 1.56. The first kappa shape index (κ1) is 14.9. The summed E-state index contributed by atoms with van der Waals surface area (Å²) >= 11 is 3.45. The Morgan fingerprint density at radius 2 is 2.18 bits per heavy atom. The Balaban J connectivity index is 1.91. The van der Waals surface area contributed by atoms with Crippen LogP contribution in [0.15, 0.2) is 27.2 Å². The summed E-state index contributed by atoms with van der Waals surface area (Å²) in [5.41, 5.74) is 0.505. The monoisotopic (exact) mass is 367 g/mol. The van der Waals surface area contributed by atoms with E-state index in [9.17, 15) is 4.79 Å². The zero-order valence-corrected chi connectivity index (χ0v) is 13.4. The molecule has 0 atom stereocenters. The Labute approximate surface area is 135 Å². The Hall–Kier alpha value is -2.02.